The largest absolute Gasteiger partial charge is 0.329 e. The maximum atomic E-state index is 5.64. The summed E-state index contributed by atoms with van der Waals surface area (Å²) in [4.78, 5) is 0. The number of nitrogens with two attached hydrogens (primary N) is 1. The van der Waals surface area contributed by atoms with E-state index in [1.54, 1.807) is 0 Å². The fourth-order valence-corrected chi connectivity index (χ4v) is 1.03. The summed E-state index contributed by atoms with van der Waals surface area (Å²) in [6, 6.07) is 0.462. The summed E-state index contributed by atoms with van der Waals surface area (Å²) < 4.78 is 0. The highest BCUT2D eigenvalue weighted by molar-refractivity contribution is 4.74. The Balaban J connectivity index is 3.73. The fraction of sp³-hybridized carbons (Fsp3) is 1.00. The molecular weight excluding hydrogens is 148 g/mol. The minimum Gasteiger partial charge on any atom is -0.329 e. The predicted molar refractivity (Wildman–Crippen MR) is 55.1 cm³/mol. The van der Waals surface area contributed by atoms with E-state index in [1.807, 2.05) is 0 Å². The van der Waals surface area contributed by atoms with Crippen molar-refractivity contribution < 1.29 is 0 Å². The molecule has 0 aliphatic heterocycles. The summed E-state index contributed by atoms with van der Waals surface area (Å²) in [5.74, 6) is 0.623. The lowest BCUT2D eigenvalue weighted by Gasteiger charge is -2.26. The van der Waals surface area contributed by atoms with E-state index < -0.39 is 0 Å². The van der Waals surface area contributed by atoms with Crippen molar-refractivity contribution in [2.45, 2.75) is 40.7 Å². The van der Waals surface area contributed by atoms with Gasteiger partial charge in [-0.3, -0.25) is 0 Å². The van der Waals surface area contributed by atoms with E-state index in [0.29, 0.717) is 17.4 Å². The normalized spacial score (nSPS) is 15.2. The lowest BCUT2D eigenvalue weighted by molar-refractivity contribution is 0.318. The van der Waals surface area contributed by atoms with Crippen LogP contribution in [0.3, 0.4) is 0 Å². The second kappa shape index (κ2) is 4.83. The Morgan fingerprint density at radius 1 is 1.25 bits per heavy atom. The molecule has 0 rings (SSSR count). The molecule has 74 valence electrons. The van der Waals surface area contributed by atoms with Crippen molar-refractivity contribution in [1.82, 2.24) is 5.32 Å². The molecule has 0 aliphatic rings. The van der Waals surface area contributed by atoms with Gasteiger partial charge in [0.05, 0.1) is 0 Å². The summed E-state index contributed by atoms with van der Waals surface area (Å²) in [5, 5.41) is 3.48. The van der Waals surface area contributed by atoms with Crippen molar-refractivity contribution in [3.05, 3.63) is 0 Å². The fourth-order valence-electron chi connectivity index (χ4n) is 1.03. The monoisotopic (exact) mass is 172 g/mol. The minimum absolute atomic E-state index is 0.350. The molecule has 0 saturated heterocycles. The van der Waals surface area contributed by atoms with Crippen LogP contribution in [-0.2, 0) is 0 Å². The minimum atomic E-state index is 0.350. The third kappa shape index (κ3) is 5.56. The zero-order valence-electron chi connectivity index (χ0n) is 9.15. The number of rotatable bonds is 4. The van der Waals surface area contributed by atoms with Crippen LogP contribution in [0.4, 0.5) is 0 Å². The molecule has 0 amide bonds. The number of hydrogen-bond donors (Lipinski definition) is 2. The molecule has 0 fully saturated rings. The summed E-state index contributed by atoms with van der Waals surface area (Å²) in [6.45, 7) is 12.9. The van der Waals surface area contributed by atoms with Gasteiger partial charge in [-0.25, -0.2) is 0 Å². The predicted octanol–water partition coefficient (Wildman–Crippen LogP) is 1.61. The third-order valence-electron chi connectivity index (χ3n) is 1.95. The lowest BCUT2D eigenvalue weighted by Crippen LogP contribution is -2.43. The van der Waals surface area contributed by atoms with Gasteiger partial charge >= 0.3 is 0 Å². The van der Waals surface area contributed by atoms with Crippen molar-refractivity contribution in [3.63, 3.8) is 0 Å². The molecular formula is C10H24N2. The molecule has 0 heterocycles. The van der Waals surface area contributed by atoms with Crippen LogP contribution in [0.25, 0.3) is 0 Å². The second-order valence-electron chi connectivity index (χ2n) is 5.03. The van der Waals surface area contributed by atoms with Crippen LogP contribution in [0.15, 0.2) is 0 Å². The molecule has 0 aromatic heterocycles. The van der Waals surface area contributed by atoms with Crippen LogP contribution in [0.1, 0.15) is 34.6 Å². The van der Waals surface area contributed by atoms with E-state index in [-0.39, 0.29) is 0 Å². The summed E-state index contributed by atoms with van der Waals surface area (Å²) in [7, 11) is 0. The van der Waals surface area contributed by atoms with E-state index in [4.69, 9.17) is 5.73 Å². The van der Waals surface area contributed by atoms with Crippen LogP contribution < -0.4 is 11.1 Å². The van der Waals surface area contributed by atoms with Crippen molar-refractivity contribution >= 4 is 0 Å². The highest BCUT2D eigenvalue weighted by Gasteiger charge is 2.15. The molecule has 2 nitrogen and oxygen atoms in total. The molecule has 12 heavy (non-hydrogen) atoms. The molecule has 2 heteroatoms. The van der Waals surface area contributed by atoms with Gasteiger partial charge in [0, 0.05) is 19.1 Å². The van der Waals surface area contributed by atoms with E-state index >= 15 is 0 Å². The van der Waals surface area contributed by atoms with Crippen LogP contribution in [0, 0.1) is 11.3 Å². The molecule has 1 unspecified atom stereocenters. The van der Waals surface area contributed by atoms with Gasteiger partial charge in [0.15, 0.2) is 0 Å². The zero-order chi connectivity index (χ0) is 9.78. The summed E-state index contributed by atoms with van der Waals surface area (Å²) in [6.07, 6.45) is 0. The number of hydrogen-bond acceptors (Lipinski definition) is 2. The SMILES string of the molecule is CC(C)C(CN)NCC(C)(C)C. The van der Waals surface area contributed by atoms with E-state index in [2.05, 4.69) is 39.9 Å². The first-order valence-electron chi connectivity index (χ1n) is 4.80. The average Bonchev–Trinajstić information content (AvgIpc) is 1.85. The molecule has 1 atom stereocenters. The molecule has 0 aromatic carbocycles. The van der Waals surface area contributed by atoms with E-state index in [1.165, 1.54) is 0 Å². The average molecular weight is 172 g/mol. The topological polar surface area (TPSA) is 38.0 Å². The van der Waals surface area contributed by atoms with Gasteiger partial charge in [-0.05, 0) is 11.3 Å². The smallest absolute Gasteiger partial charge is 0.0213 e. The van der Waals surface area contributed by atoms with Gasteiger partial charge in [-0.1, -0.05) is 34.6 Å². The van der Waals surface area contributed by atoms with Gasteiger partial charge in [-0.2, -0.15) is 0 Å². The first-order chi connectivity index (χ1) is 5.37. The zero-order valence-corrected chi connectivity index (χ0v) is 9.15. The lowest BCUT2D eigenvalue weighted by atomic mass is 9.95. The molecule has 0 radical (unpaired) electrons. The Kier molecular flexibility index (Phi) is 4.80. The Bertz CT molecular complexity index is 113. The van der Waals surface area contributed by atoms with Crippen LogP contribution in [0.2, 0.25) is 0 Å². The molecule has 0 saturated carbocycles. The van der Waals surface area contributed by atoms with Crippen molar-refractivity contribution in [1.29, 1.82) is 0 Å². The van der Waals surface area contributed by atoms with Gasteiger partial charge < -0.3 is 11.1 Å². The Morgan fingerprint density at radius 3 is 2.00 bits per heavy atom. The number of nitrogens with one attached hydrogen (secondary N) is 1. The molecule has 3 N–H and O–H groups in total. The Morgan fingerprint density at radius 2 is 1.75 bits per heavy atom. The van der Waals surface area contributed by atoms with E-state index in [0.717, 1.165) is 13.1 Å². The first-order valence-corrected chi connectivity index (χ1v) is 4.80. The van der Waals surface area contributed by atoms with Gasteiger partial charge in [-0.15, -0.1) is 0 Å². The second-order valence-corrected chi connectivity index (χ2v) is 5.03. The third-order valence-corrected chi connectivity index (χ3v) is 1.95. The van der Waals surface area contributed by atoms with Gasteiger partial charge in [0.2, 0.25) is 0 Å². The highest BCUT2D eigenvalue weighted by Crippen LogP contribution is 2.11. The maximum Gasteiger partial charge on any atom is 0.0213 e. The van der Waals surface area contributed by atoms with Crippen LogP contribution >= 0.6 is 0 Å². The van der Waals surface area contributed by atoms with E-state index in [9.17, 15) is 0 Å². The van der Waals surface area contributed by atoms with Crippen molar-refractivity contribution in [2.24, 2.45) is 17.1 Å². The van der Waals surface area contributed by atoms with Crippen molar-refractivity contribution in [3.8, 4) is 0 Å². The van der Waals surface area contributed by atoms with Crippen molar-refractivity contribution in [2.75, 3.05) is 13.1 Å². The Labute approximate surface area is 76.9 Å². The molecule has 0 aromatic rings. The molecule has 0 aliphatic carbocycles. The molecule has 0 bridgehead atoms. The first kappa shape index (κ1) is 11.9. The highest BCUT2D eigenvalue weighted by atomic mass is 14.9. The maximum absolute atomic E-state index is 5.64. The van der Waals surface area contributed by atoms with Crippen LogP contribution in [0.5, 0.6) is 0 Å². The molecule has 0 spiro atoms. The summed E-state index contributed by atoms with van der Waals surface area (Å²) >= 11 is 0. The van der Waals surface area contributed by atoms with Gasteiger partial charge in [0.25, 0.3) is 0 Å². The van der Waals surface area contributed by atoms with Crippen LogP contribution in [-0.4, -0.2) is 19.1 Å². The standard InChI is InChI=1S/C10H24N2/c1-8(2)9(6-11)12-7-10(3,4)5/h8-9,12H,6-7,11H2,1-5H3. The quantitative estimate of drug-likeness (QED) is 0.676. The summed E-state index contributed by atoms with van der Waals surface area (Å²) in [5.41, 5.74) is 5.99. The Hall–Kier alpha value is -0.0800. The van der Waals surface area contributed by atoms with Gasteiger partial charge in [0.1, 0.15) is 0 Å².